The van der Waals surface area contributed by atoms with Crippen LogP contribution < -0.4 is 0 Å². The Kier molecular flexibility index (Phi) is 8.57. The van der Waals surface area contributed by atoms with Crippen LogP contribution in [0.4, 0.5) is 0 Å². The van der Waals surface area contributed by atoms with Gasteiger partial charge in [-0.25, -0.2) is 0 Å². The maximum atomic E-state index is 8.58. The van der Waals surface area contributed by atoms with E-state index in [0.29, 0.717) is 0 Å². The molecule has 0 aliphatic rings. The Hall–Kier alpha value is -0.300. The minimum absolute atomic E-state index is 0.284. The minimum atomic E-state index is 0.284. The van der Waals surface area contributed by atoms with Crippen LogP contribution in [0.25, 0.3) is 0 Å². The predicted octanol–water partition coefficient (Wildman–Crippen LogP) is 3.29. The molecule has 0 atom stereocenters. The van der Waals surface area contributed by atoms with Crippen LogP contribution >= 0.6 is 0 Å². The van der Waals surface area contributed by atoms with Crippen molar-refractivity contribution in [3.63, 3.8) is 0 Å². The van der Waals surface area contributed by atoms with Crippen molar-refractivity contribution in [2.75, 3.05) is 6.61 Å². The summed E-state index contributed by atoms with van der Waals surface area (Å²) in [5.41, 5.74) is 1.43. The number of hydrogen-bond acceptors (Lipinski definition) is 1. The molecule has 1 nitrogen and oxygen atoms in total. The number of hydrogen-bond donors (Lipinski definition) is 1. The third-order valence-electron chi connectivity index (χ3n) is 2.05. The van der Waals surface area contributed by atoms with Gasteiger partial charge in [-0.2, -0.15) is 0 Å². The number of aliphatic hydroxyl groups is 1. The average Bonchev–Trinajstić information content (AvgIpc) is 2.09. The Balaban J connectivity index is 3.24. The fourth-order valence-electron chi connectivity index (χ4n) is 1.24. The summed E-state index contributed by atoms with van der Waals surface area (Å²) < 4.78 is 0. The predicted molar refractivity (Wildman–Crippen MR) is 54.2 cm³/mol. The molecule has 0 radical (unpaired) electrons. The summed E-state index contributed by atoms with van der Waals surface area (Å²) in [4.78, 5) is 0. The molecule has 0 aliphatic carbocycles. The van der Waals surface area contributed by atoms with Gasteiger partial charge in [0.25, 0.3) is 0 Å². The lowest BCUT2D eigenvalue weighted by Gasteiger charge is -2.00. The first kappa shape index (κ1) is 11.7. The maximum Gasteiger partial charge on any atom is 0.0465 e. The quantitative estimate of drug-likeness (QED) is 0.459. The molecular formula is C11H22O. The first-order chi connectivity index (χ1) is 5.81. The lowest BCUT2D eigenvalue weighted by molar-refractivity contribution is 0.302. The Morgan fingerprint density at radius 3 is 2.58 bits per heavy atom. The Morgan fingerprint density at radius 2 is 2.00 bits per heavy atom. The largest absolute Gasteiger partial charge is 0.396 e. The molecular weight excluding hydrogens is 148 g/mol. The number of rotatable bonds is 7. The molecule has 0 fully saturated rings. The molecule has 0 aliphatic heterocycles. The van der Waals surface area contributed by atoms with E-state index in [1.807, 2.05) is 0 Å². The summed E-state index contributed by atoms with van der Waals surface area (Å²) in [6.07, 6.45) is 9.49. The van der Waals surface area contributed by atoms with Gasteiger partial charge in [0.05, 0.1) is 0 Å². The molecule has 0 amide bonds. The highest BCUT2D eigenvalue weighted by atomic mass is 16.2. The summed E-state index contributed by atoms with van der Waals surface area (Å²) in [7, 11) is 0. The molecule has 1 heteroatoms. The summed E-state index contributed by atoms with van der Waals surface area (Å²) >= 11 is 0. The fraction of sp³-hybridized carbons (Fsp3) is 0.818. The van der Waals surface area contributed by atoms with Gasteiger partial charge in [-0.1, -0.05) is 37.8 Å². The second-order valence-electron chi connectivity index (χ2n) is 3.37. The minimum Gasteiger partial charge on any atom is -0.396 e. The Morgan fingerprint density at radius 1 is 1.25 bits per heavy atom. The van der Waals surface area contributed by atoms with Crippen molar-refractivity contribution in [2.45, 2.75) is 52.4 Å². The second kappa shape index (κ2) is 8.79. The van der Waals surface area contributed by atoms with Gasteiger partial charge >= 0.3 is 0 Å². The first-order valence-electron chi connectivity index (χ1n) is 5.07. The monoisotopic (exact) mass is 170 g/mol. The van der Waals surface area contributed by atoms with Gasteiger partial charge in [-0.05, 0) is 26.2 Å². The third kappa shape index (κ3) is 7.80. The van der Waals surface area contributed by atoms with Crippen LogP contribution in [-0.4, -0.2) is 11.7 Å². The molecule has 0 bridgehead atoms. The highest BCUT2D eigenvalue weighted by Gasteiger charge is 1.90. The summed E-state index contributed by atoms with van der Waals surface area (Å²) in [5.74, 6) is 0. The molecule has 0 spiro atoms. The average molecular weight is 170 g/mol. The number of unbranched alkanes of at least 4 members (excludes halogenated alkanes) is 3. The zero-order valence-corrected chi connectivity index (χ0v) is 8.47. The van der Waals surface area contributed by atoms with Crippen LogP contribution in [0.15, 0.2) is 11.6 Å². The van der Waals surface area contributed by atoms with E-state index in [1.165, 1.54) is 37.7 Å². The molecule has 0 unspecified atom stereocenters. The van der Waals surface area contributed by atoms with Crippen molar-refractivity contribution in [3.8, 4) is 0 Å². The van der Waals surface area contributed by atoms with Crippen LogP contribution in [0.3, 0.4) is 0 Å². The standard InChI is InChI=1S/C11H22O/c1-3-4-5-6-8-11(2)9-7-10-12/h9,12H,3-8,10H2,1-2H3. The van der Waals surface area contributed by atoms with Gasteiger partial charge in [-0.15, -0.1) is 0 Å². The molecule has 1 N–H and O–H groups in total. The molecule has 0 aromatic carbocycles. The zero-order valence-electron chi connectivity index (χ0n) is 8.47. The molecule has 0 aromatic rings. The summed E-state index contributed by atoms with van der Waals surface area (Å²) in [5, 5.41) is 8.58. The first-order valence-corrected chi connectivity index (χ1v) is 5.07. The number of allylic oxidation sites excluding steroid dienone is 1. The molecule has 0 aromatic heterocycles. The van der Waals surface area contributed by atoms with Crippen LogP contribution in [0.5, 0.6) is 0 Å². The van der Waals surface area contributed by atoms with E-state index in [0.717, 1.165) is 6.42 Å². The fourth-order valence-corrected chi connectivity index (χ4v) is 1.24. The highest BCUT2D eigenvalue weighted by Crippen LogP contribution is 2.09. The lowest BCUT2D eigenvalue weighted by atomic mass is 10.1. The van der Waals surface area contributed by atoms with Crippen molar-refractivity contribution >= 4 is 0 Å². The van der Waals surface area contributed by atoms with E-state index in [2.05, 4.69) is 19.9 Å². The van der Waals surface area contributed by atoms with E-state index >= 15 is 0 Å². The van der Waals surface area contributed by atoms with E-state index < -0.39 is 0 Å². The normalized spacial score (nSPS) is 12.1. The second-order valence-corrected chi connectivity index (χ2v) is 3.37. The number of aliphatic hydroxyl groups excluding tert-OH is 1. The van der Waals surface area contributed by atoms with E-state index in [-0.39, 0.29) is 6.61 Å². The Bertz CT molecular complexity index is 116. The van der Waals surface area contributed by atoms with Gasteiger partial charge < -0.3 is 5.11 Å². The smallest absolute Gasteiger partial charge is 0.0465 e. The molecule has 0 saturated heterocycles. The third-order valence-corrected chi connectivity index (χ3v) is 2.05. The van der Waals surface area contributed by atoms with Gasteiger partial charge in [0.1, 0.15) is 0 Å². The SMILES string of the molecule is CCCCCCC(C)=CCCO. The molecule has 12 heavy (non-hydrogen) atoms. The maximum absolute atomic E-state index is 8.58. The topological polar surface area (TPSA) is 20.2 Å². The van der Waals surface area contributed by atoms with Crippen molar-refractivity contribution in [1.29, 1.82) is 0 Å². The lowest BCUT2D eigenvalue weighted by Crippen LogP contribution is -1.82. The molecule has 0 rings (SSSR count). The summed E-state index contributed by atoms with van der Waals surface area (Å²) in [6, 6.07) is 0. The van der Waals surface area contributed by atoms with E-state index in [1.54, 1.807) is 0 Å². The summed E-state index contributed by atoms with van der Waals surface area (Å²) in [6.45, 7) is 4.67. The zero-order chi connectivity index (χ0) is 9.23. The van der Waals surface area contributed by atoms with Crippen LogP contribution in [0.2, 0.25) is 0 Å². The van der Waals surface area contributed by atoms with Gasteiger partial charge in [0.15, 0.2) is 0 Å². The molecule has 72 valence electrons. The van der Waals surface area contributed by atoms with Crippen molar-refractivity contribution in [1.82, 2.24) is 0 Å². The van der Waals surface area contributed by atoms with Crippen LogP contribution in [0, 0.1) is 0 Å². The van der Waals surface area contributed by atoms with Crippen molar-refractivity contribution in [2.24, 2.45) is 0 Å². The van der Waals surface area contributed by atoms with E-state index in [4.69, 9.17) is 5.11 Å². The van der Waals surface area contributed by atoms with E-state index in [9.17, 15) is 0 Å². The van der Waals surface area contributed by atoms with Crippen LogP contribution in [-0.2, 0) is 0 Å². The van der Waals surface area contributed by atoms with Gasteiger partial charge in [-0.3, -0.25) is 0 Å². The molecule has 0 saturated carbocycles. The molecule has 0 heterocycles. The Labute approximate surface area is 76.5 Å². The van der Waals surface area contributed by atoms with Gasteiger partial charge in [0.2, 0.25) is 0 Å². The van der Waals surface area contributed by atoms with Crippen molar-refractivity contribution in [3.05, 3.63) is 11.6 Å². The van der Waals surface area contributed by atoms with Crippen molar-refractivity contribution < 1.29 is 5.11 Å². The highest BCUT2D eigenvalue weighted by molar-refractivity contribution is 4.97. The van der Waals surface area contributed by atoms with Gasteiger partial charge in [0, 0.05) is 6.61 Å². The van der Waals surface area contributed by atoms with Crippen LogP contribution in [0.1, 0.15) is 52.4 Å².